The van der Waals surface area contributed by atoms with Gasteiger partial charge in [0.05, 0.1) is 17.1 Å². The average Bonchev–Trinajstić information content (AvgIpc) is 2.55. The van der Waals surface area contributed by atoms with Gasteiger partial charge in [0, 0.05) is 0 Å². The maximum Gasteiger partial charge on any atom is 0.241 e. The number of nitrogens with one attached hydrogen (secondary N) is 2. The summed E-state index contributed by atoms with van der Waals surface area (Å²) in [7, 11) is -3.80. The normalized spacial score (nSPS) is 11.5. The molecule has 0 heterocycles. The Morgan fingerprint density at radius 2 is 1.71 bits per heavy atom. The largest absolute Gasteiger partial charge is 0.322 e. The highest BCUT2D eigenvalue weighted by Gasteiger charge is 2.16. The number of rotatable bonds is 6. The van der Waals surface area contributed by atoms with Gasteiger partial charge in [-0.25, -0.2) is 17.5 Å². The third-order valence-corrected chi connectivity index (χ3v) is 4.84. The molecule has 2 aromatic carbocycles. The quantitative estimate of drug-likeness (QED) is 0.841. The molecule has 1 amide bonds. The highest BCUT2D eigenvalue weighted by molar-refractivity contribution is 7.89. The number of carbonyl (C=O) groups is 1. The fraction of sp³-hybridized carbons (Fsp3) is 0.235. The number of sulfonamides is 1. The SMILES string of the molecule is CC(C)c1ccc(S(=O)(=O)NCC(=O)Nc2ccccc2F)cc1. The molecule has 0 saturated heterocycles. The van der Waals surface area contributed by atoms with E-state index in [0.717, 1.165) is 5.56 Å². The summed E-state index contributed by atoms with van der Waals surface area (Å²) >= 11 is 0. The Bertz CT molecular complexity index is 818. The van der Waals surface area contributed by atoms with Crippen LogP contribution in [0.3, 0.4) is 0 Å². The number of carbonyl (C=O) groups excluding carboxylic acids is 1. The first-order valence-corrected chi connectivity index (χ1v) is 8.92. The lowest BCUT2D eigenvalue weighted by molar-refractivity contribution is -0.115. The Balaban J connectivity index is 1.99. The highest BCUT2D eigenvalue weighted by atomic mass is 32.2. The lowest BCUT2D eigenvalue weighted by Crippen LogP contribution is -2.33. The summed E-state index contributed by atoms with van der Waals surface area (Å²) in [6.07, 6.45) is 0. The molecule has 0 saturated carbocycles. The molecule has 2 aromatic rings. The minimum atomic E-state index is -3.80. The molecule has 2 N–H and O–H groups in total. The van der Waals surface area contributed by atoms with E-state index in [1.54, 1.807) is 18.2 Å². The summed E-state index contributed by atoms with van der Waals surface area (Å²) in [5.74, 6) is -0.943. The van der Waals surface area contributed by atoms with E-state index in [2.05, 4.69) is 10.0 Å². The second kappa shape index (κ2) is 7.55. The van der Waals surface area contributed by atoms with Gasteiger partial charge in [0.15, 0.2) is 0 Å². The third kappa shape index (κ3) is 4.62. The van der Waals surface area contributed by atoms with Crippen LogP contribution < -0.4 is 10.0 Å². The zero-order valence-corrected chi connectivity index (χ0v) is 14.2. The molecule has 0 unspecified atom stereocenters. The second-order valence-corrected chi connectivity index (χ2v) is 7.34. The smallest absolute Gasteiger partial charge is 0.241 e. The molecule has 0 spiro atoms. The van der Waals surface area contributed by atoms with Crippen molar-refractivity contribution in [1.29, 1.82) is 0 Å². The van der Waals surface area contributed by atoms with Crippen LogP contribution in [0.15, 0.2) is 53.4 Å². The minimum Gasteiger partial charge on any atom is -0.322 e. The fourth-order valence-corrected chi connectivity index (χ4v) is 3.01. The van der Waals surface area contributed by atoms with Crippen molar-refractivity contribution in [2.24, 2.45) is 0 Å². The lowest BCUT2D eigenvalue weighted by atomic mass is 10.0. The predicted molar refractivity (Wildman–Crippen MR) is 90.7 cm³/mol. The van der Waals surface area contributed by atoms with E-state index < -0.39 is 28.3 Å². The second-order valence-electron chi connectivity index (χ2n) is 5.58. The fourth-order valence-electron chi connectivity index (χ4n) is 2.03. The number of para-hydroxylation sites is 1. The summed E-state index contributed by atoms with van der Waals surface area (Å²) in [6, 6.07) is 12.1. The van der Waals surface area contributed by atoms with E-state index in [-0.39, 0.29) is 10.6 Å². The van der Waals surface area contributed by atoms with Crippen LogP contribution in [0.2, 0.25) is 0 Å². The molecule has 0 aliphatic heterocycles. The molecular weight excluding hydrogens is 331 g/mol. The monoisotopic (exact) mass is 350 g/mol. The summed E-state index contributed by atoms with van der Waals surface area (Å²) in [6.45, 7) is 3.53. The number of hydrogen-bond acceptors (Lipinski definition) is 3. The standard InChI is InChI=1S/C17H19FN2O3S/c1-12(2)13-7-9-14(10-8-13)24(22,23)19-11-17(21)20-16-6-4-3-5-15(16)18/h3-10,12,19H,11H2,1-2H3,(H,20,21). The van der Waals surface area contributed by atoms with Gasteiger partial charge in [0.1, 0.15) is 5.82 Å². The first kappa shape index (κ1) is 18.1. The van der Waals surface area contributed by atoms with Crippen LogP contribution in [0.25, 0.3) is 0 Å². The van der Waals surface area contributed by atoms with Crippen molar-refractivity contribution in [2.75, 3.05) is 11.9 Å². The molecule has 2 rings (SSSR count). The van der Waals surface area contributed by atoms with Gasteiger partial charge in [-0.05, 0) is 35.7 Å². The molecule has 5 nitrogen and oxygen atoms in total. The lowest BCUT2D eigenvalue weighted by Gasteiger charge is -2.10. The number of amides is 1. The van der Waals surface area contributed by atoms with E-state index >= 15 is 0 Å². The van der Waals surface area contributed by atoms with Crippen molar-refractivity contribution >= 4 is 21.6 Å². The van der Waals surface area contributed by atoms with Gasteiger partial charge in [-0.15, -0.1) is 0 Å². The first-order valence-electron chi connectivity index (χ1n) is 7.43. The summed E-state index contributed by atoms with van der Waals surface area (Å²) in [5, 5.41) is 2.32. The van der Waals surface area contributed by atoms with E-state index in [9.17, 15) is 17.6 Å². The van der Waals surface area contributed by atoms with Crippen LogP contribution in [0.4, 0.5) is 10.1 Å². The van der Waals surface area contributed by atoms with Crippen LogP contribution in [-0.4, -0.2) is 20.9 Å². The molecule has 0 aliphatic carbocycles. The molecule has 0 aromatic heterocycles. The van der Waals surface area contributed by atoms with Gasteiger partial charge < -0.3 is 5.32 Å². The summed E-state index contributed by atoms with van der Waals surface area (Å²) in [4.78, 5) is 11.9. The maximum absolute atomic E-state index is 13.4. The number of hydrogen-bond donors (Lipinski definition) is 2. The van der Waals surface area contributed by atoms with Crippen molar-refractivity contribution in [3.05, 3.63) is 59.9 Å². The molecule has 0 atom stereocenters. The van der Waals surface area contributed by atoms with Gasteiger partial charge in [-0.1, -0.05) is 38.1 Å². The predicted octanol–water partition coefficient (Wildman–Crippen LogP) is 2.87. The van der Waals surface area contributed by atoms with E-state index in [0.29, 0.717) is 5.92 Å². The first-order chi connectivity index (χ1) is 11.3. The number of halogens is 1. The molecule has 0 bridgehead atoms. The van der Waals surface area contributed by atoms with Gasteiger partial charge in [-0.3, -0.25) is 4.79 Å². The van der Waals surface area contributed by atoms with Gasteiger partial charge in [0.2, 0.25) is 15.9 Å². The van der Waals surface area contributed by atoms with Crippen molar-refractivity contribution in [3.8, 4) is 0 Å². The molecule has 24 heavy (non-hydrogen) atoms. The minimum absolute atomic E-state index is 0.00276. The molecule has 7 heteroatoms. The number of anilines is 1. The van der Waals surface area contributed by atoms with Crippen molar-refractivity contribution in [1.82, 2.24) is 4.72 Å². The van der Waals surface area contributed by atoms with Gasteiger partial charge >= 0.3 is 0 Å². The highest BCUT2D eigenvalue weighted by Crippen LogP contribution is 2.17. The Kier molecular flexibility index (Phi) is 5.69. The molecule has 0 fully saturated rings. The Morgan fingerprint density at radius 3 is 2.29 bits per heavy atom. The Morgan fingerprint density at radius 1 is 1.08 bits per heavy atom. The van der Waals surface area contributed by atoms with E-state index in [4.69, 9.17) is 0 Å². The van der Waals surface area contributed by atoms with E-state index in [1.165, 1.54) is 30.3 Å². The zero-order chi connectivity index (χ0) is 17.7. The number of benzene rings is 2. The van der Waals surface area contributed by atoms with Crippen molar-refractivity contribution in [3.63, 3.8) is 0 Å². The van der Waals surface area contributed by atoms with Crippen LogP contribution >= 0.6 is 0 Å². The van der Waals surface area contributed by atoms with Crippen LogP contribution in [0.5, 0.6) is 0 Å². The summed E-state index contributed by atoms with van der Waals surface area (Å²) in [5.41, 5.74) is 1.02. The third-order valence-electron chi connectivity index (χ3n) is 3.43. The summed E-state index contributed by atoms with van der Waals surface area (Å²) < 4.78 is 40.0. The molecular formula is C17H19FN2O3S. The van der Waals surface area contributed by atoms with Gasteiger partial charge in [0.25, 0.3) is 0 Å². The van der Waals surface area contributed by atoms with Crippen molar-refractivity contribution in [2.45, 2.75) is 24.7 Å². The Labute approximate surface area is 141 Å². The topological polar surface area (TPSA) is 75.3 Å². The molecule has 0 aliphatic rings. The van der Waals surface area contributed by atoms with Crippen molar-refractivity contribution < 1.29 is 17.6 Å². The average molecular weight is 350 g/mol. The van der Waals surface area contributed by atoms with Crippen LogP contribution in [0.1, 0.15) is 25.3 Å². The van der Waals surface area contributed by atoms with Crippen LogP contribution in [-0.2, 0) is 14.8 Å². The molecule has 0 radical (unpaired) electrons. The van der Waals surface area contributed by atoms with Gasteiger partial charge in [-0.2, -0.15) is 0 Å². The van der Waals surface area contributed by atoms with E-state index in [1.807, 2.05) is 13.8 Å². The molecule has 128 valence electrons. The Hall–Kier alpha value is -2.25. The maximum atomic E-state index is 13.4. The zero-order valence-electron chi connectivity index (χ0n) is 13.4. The van der Waals surface area contributed by atoms with Crippen LogP contribution in [0, 0.1) is 5.82 Å².